The van der Waals surface area contributed by atoms with E-state index >= 15 is 0 Å². The number of carbonyl (C=O) groups is 1. The van der Waals surface area contributed by atoms with Crippen LogP contribution in [0, 0.1) is 6.92 Å². The Hall–Kier alpha value is -2.00. The highest BCUT2D eigenvalue weighted by Crippen LogP contribution is 2.27. The summed E-state index contributed by atoms with van der Waals surface area (Å²) in [5.41, 5.74) is 3.27. The molecule has 2 aromatic rings. The maximum atomic E-state index is 12.2. The van der Waals surface area contributed by atoms with Crippen LogP contribution in [0.3, 0.4) is 0 Å². The highest BCUT2D eigenvalue weighted by molar-refractivity contribution is 6.31. The number of amides is 1. The molecule has 0 saturated carbocycles. The molecule has 2 aromatic carbocycles. The van der Waals surface area contributed by atoms with E-state index in [2.05, 4.69) is 10.6 Å². The Morgan fingerprint density at radius 3 is 2.57 bits per heavy atom. The second-order valence-electron chi connectivity index (χ2n) is 4.84. The lowest BCUT2D eigenvalue weighted by molar-refractivity contribution is 0.0954. The Morgan fingerprint density at radius 2 is 1.81 bits per heavy atom. The zero-order chi connectivity index (χ0) is 15.2. The lowest BCUT2D eigenvalue weighted by Gasteiger charge is -2.14. The number of hydrogen-bond donors (Lipinski definition) is 2. The van der Waals surface area contributed by atoms with Crippen molar-refractivity contribution in [2.45, 2.75) is 20.3 Å². The first-order chi connectivity index (χ1) is 10.1. The van der Waals surface area contributed by atoms with Crippen LogP contribution in [0.5, 0.6) is 0 Å². The fourth-order valence-electron chi connectivity index (χ4n) is 2.01. The number of hydrogen-bond acceptors (Lipinski definition) is 2. The molecule has 0 unspecified atom stereocenters. The minimum atomic E-state index is -0.0698. The fraction of sp³-hybridized carbons (Fsp3) is 0.235. The minimum absolute atomic E-state index is 0.0698. The van der Waals surface area contributed by atoms with Gasteiger partial charge < -0.3 is 10.6 Å². The van der Waals surface area contributed by atoms with Crippen molar-refractivity contribution in [2.24, 2.45) is 0 Å². The molecule has 0 bridgehead atoms. The largest absolute Gasteiger partial charge is 0.355 e. The normalized spacial score (nSPS) is 10.2. The van der Waals surface area contributed by atoms with Gasteiger partial charge in [-0.1, -0.05) is 36.7 Å². The second kappa shape index (κ2) is 7.14. The van der Waals surface area contributed by atoms with E-state index in [1.807, 2.05) is 56.3 Å². The summed E-state index contributed by atoms with van der Waals surface area (Å²) in [6.45, 7) is 4.65. The lowest BCUT2D eigenvalue weighted by Crippen LogP contribution is -2.24. The Bertz CT molecular complexity index is 640. The molecule has 0 aromatic heterocycles. The van der Waals surface area contributed by atoms with Crippen LogP contribution < -0.4 is 10.6 Å². The fourth-order valence-corrected chi connectivity index (χ4v) is 2.19. The molecule has 0 radical (unpaired) electrons. The van der Waals surface area contributed by atoms with Crippen LogP contribution >= 0.6 is 11.6 Å². The van der Waals surface area contributed by atoms with Crippen LogP contribution in [0.2, 0.25) is 5.02 Å². The standard InChI is InChI=1S/C17H19ClN2O/c1-3-11-19-17(21)13-7-4-5-9-16(13)20-15-10-6-8-14(18)12(15)2/h4-10,20H,3,11H2,1-2H3,(H,19,21). The number of rotatable bonds is 5. The first kappa shape index (κ1) is 15.4. The van der Waals surface area contributed by atoms with Gasteiger partial charge in [-0.15, -0.1) is 0 Å². The van der Waals surface area contributed by atoms with Gasteiger partial charge in [0.15, 0.2) is 0 Å². The molecule has 0 heterocycles. The van der Waals surface area contributed by atoms with Gasteiger partial charge in [-0.05, 0) is 43.2 Å². The third-order valence-electron chi connectivity index (χ3n) is 3.24. The third-order valence-corrected chi connectivity index (χ3v) is 3.65. The van der Waals surface area contributed by atoms with E-state index in [-0.39, 0.29) is 5.91 Å². The van der Waals surface area contributed by atoms with Gasteiger partial charge in [0.2, 0.25) is 0 Å². The monoisotopic (exact) mass is 302 g/mol. The smallest absolute Gasteiger partial charge is 0.253 e. The van der Waals surface area contributed by atoms with E-state index in [4.69, 9.17) is 11.6 Å². The average molecular weight is 303 g/mol. The van der Waals surface area contributed by atoms with Crippen molar-refractivity contribution in [3.63, 3.8) is 0 Å². The molecule has 110 valence electrons. The van der Waals surface area contributed by atoms with E-state index in [9.17, 15) is 4.79 Å². The van der Waals surface area contributed by atoms with Crippen LogP contribution in [0.25, 0.3) is 0 Å². The number of anilines is 2. The average Bonchev–Trinajstić information content (AvgIpc) is 2.50. The Morgan fingerprint density at radius 1 is 1.10 bits per heavy atom. The summed E-state index contributed by atoms with van der Waals surface area (Å²) in [5.74, 6) is -0.0698. The molecule has 0 fully saturated rings. The van der Waals surface area contributed by atoms with Gasteiger partial charge >= 0.3 is 0 Å². The molecule has 0 saturated heterocycles. The zero-order valence-corrected chi connectivity index (χ0v) is 13.0. The molecular formula is C17H19ClN2O. The highest BCUT2D eigenvalue weighted by Gasteiger charge is 2.11. The topological polar surface area (TPSA) is 41.1 Å². The predicted molar refractivity (Wildman–Crippen MR) is 88.5 cm³/mol. The van der Waals surface area contributed by atoms with E-state index in [0.717, 1.165) is 23.4 Å². The summed E-state index contributed by atoms with van der Waals surface area (Å²) < 4.78 is 0. The molecule has 21 heavy (non-hydrogen) atoms. The number of benzene rings is 2. The van der Waals surface area contributed by atoms with Crippen LogP contribution in [0.1, 0.15) is 29.3 Å². The first-order valence-corrected chi connectivity index (χ1v) is 7.40. The van der Waals surface area contributed by atoms with Crippen LogP contribution in [-0.2, 0) is 0 Å². The summed E-state index contributed by atoms with van der Waals surface area (Å²) in [6, 6.07) is 13.1. The first-order valence-electron chi connectivity index (χ1n) is 7.03. The SMILES string of the molecule is CCCNC(=O)c1ccccc1Nc1cccc(Cl)c1C. The van der Waals surface area contributed by atoms with E-state index in [0.29, 0.717) is 17.1 Å². The van der Waals surface area contributed by atoms with E-state index in [1.165, 1.54) is 0 Å². The molecule has 0 spiro atoms. The van der Waals surface area contributed by atoms with Crippen molar-refractivity contribution < 1.29 is 4.79 Å². The second-order valence-corrected chi connectivity index (χ2v) is 5.25. The zero-order valence-electron chi connectivity index (χ0n) is 12.2. The number of para-hydroxylation sites is 1. The Kier molecular flexibility index (Phi) is 5.23. The molecule has 3 nitrogen and oxygen atoms in total. The van der Waals surface area contributed by atoms with Gasteiger partial charge in [0.1, 0.15) is 0 Å². The maximum Gasteiger partial charge on any atom is 0.253 e. The molecule has 2 N–H and O–H groups in total. The summed E-state index contributed by atoms with van der Waals surface area (Å²) in [7, 11) is 0. The quantitative estimate of drug-likeness (QED) is 0.852. The summed E-state index contributed by atoms with van der Waals surface area (Å²) >= 11 is 6.13. The Balaban J connectivity index is 2.28. The van der Waals surface area contributed by atoms with Crippen molar-refractivity contribution in [2.75, 3.05) is 11.9 Å². The summed E-state index contributed by atoms with van der Waals surface area (Å²) in [6.07, 6.45) is 0.911. The van der Waals surface area contributed by atoms with Gasteiger partial charge in [-0.3, -0.25) is 4.79 Å². The van der Waals surface area contributed by atoms with Crippen molar-refractivity contribution >= 4 is 28.9 Å². The van der Waals surface area contributed by atoms with Crippen molar-refractivity contribution in [3.8, 4) is 0 Å². The molecule has 0 aliphatic rings. The van der Waals surface area contributed by atoms with Gasteiger partial charge in [-0.2, -0.15) is 0 Å². The highest BCUT2D eigenvalue weighted by atomic mass is 35.5. The Labute approximate surface area is 130 Å². The number of nitrogens with one attached hydrogen (secondary N) is 2. The molecule has 0 atom stereocenters. The van der Waals surface area contributed by atoms with Crippen molar-refractivity contribution in [1.29, 1.82) is 0 Å². The number of halogens is 1. The van der Waals surface area contributed by atoms with Gasteiger partial charge in [-0.25, -0.2) is 0 Å². The molecular weight excluding hydrogens is 284 g/mol. The maximum absolute atomic E-state index is 12.2. The molecule has 0 aliphatic carbocycles. The van der Waals surface area contributed by atoms with Crippen molar-refractivity contribution in [1.82, 2.24) is 5.32 Å². The van der Waals surface area contributed by atoms with Crippen LogP contribution in [-0.4, -0.2) is 12.5 Å². The summed E-state index contributed by atoms with van der Waals surface area (Å²) in [5, 5.41) is 6.89. The van der Waals surface area contributed by atoms with Gasteiger partial charge in [0.25, 0.3) is 5.91 Å². The van der Waals surface area contributed by atoms with Crippen LogP contribution in [0.4, 0.5) is 11.4 Å². The summed E-state index contributed by atoms with van der Waals surface area (Å²) in [4.78, 5) is 12.2. The molecule has 4 heteroatoms. The lowest BCUT2D eigenvalue weighted by atomic mass is 10.1. The van der Waals surface area contributed by atoms with Crippen molar-refractivity contribution in [3.05, 3.63) is 58.6 Å². The predicted octanol–water partition coefficient (Wildman–Crippen LogP) is 4.53. The molecule has 2 rings (SSSR count). The van der Waals surface area contributed by atoms with E-state index in [1.54, 1.807) is 0 Å². The molecule has 1 amide bonds. The van der Waals surface area contributed by atoms with Gasteiger partial charge in [0.05, 0.1) is 11.3 Å². The van der Waals surface area contributed by atoms with Gasteiger partial charge in [0, 0.05) is 17.3 Å². The number of carbonyl (C=O) groups excluding carboxylic acids is 1. The third kappa shape index (κ3) is 3.76. The molecule has 0 aliphatic heterocycles. The van der Waals surface area contributed by atoms with E-state index < -0.39 is 0 Å². The minimum Gasteiger partial charge on any atom is -0.355 e. The van der Waals surface area contributed by atoms with Crippen LogP contribution in [0.15, 0.2) is 42.5 Å².